The first-order valence-corrected chi connectivity index (χ1v) is 6.54. The second-order valence-corrected chi connectivity index (χ2v) is 5.14. The van der Waals surface area contributed by atoms with Crippen molar-refractivity contribution < 1.29 is 0 Å². The Labute approximate surface area is 106 Å². The van der Waals surface area contributed by atoms with Crippen LogP contribution in [0.5, 0.6) is 0 Å². The Kier molecular flexibility index (Phi) is 5.99. The number of hydrogen-bond donors (Lipinski definition) is 1. The van der Waals surface area contributed by atoms with E-state index in [4.69, 9.17) is 0 Å². The molecule has 0 spiro atoms. The molecular formula is C16H25N. The summed E-state index contributed by atoms with van der Waals surface area (Å²) in [6, 6.07) is 8.69. The normalized spacial score (nSPS) is 12.2. The van der Waals surface area contributed by atoms with Gasteiger partial charge in [-0.2, -0.15) is 0 Å². The number of allylic oxidation sites excluding steroid dienone is 1. The highest BCUT2D eigenvalue weighted by atomic mass is 14.8. The Bertz CT molecular complexity index is 364. The van der Waals surface area contributed by atoms with Crippen molar-refractivity contribution in [3.63, 3.8) is 0 Å². The first kappa shape index (κ1) is 14.0. The zero-order valence-electron chi connectivity index (χ0n) is 11.6. The van der Waals surface area contributed by atoms with Gasteiger partial charge in [0.25, 0.3) is 0 Å². The van der Waals surface area contributed by atoms with Crippen LogP contribution in [0.1, 0.15) is 38.3 Å². The van der Waals surface area contributed by atoms with Gasteiger partial charge >= 0.3 is 0 Å². The molecule has 0 atom stereocenters. The Balaban J connectivity index is 2.39. The Hall–Kier alpha value is -1.08. The second-order valence-electron chi connectivity index (χ2n) is 5.14. The van der Waals surface area contributed by atoms with Crippen LogP contribution >= 0.6 is 0 Å². The minimum Gasteiger partial charge on any atom is -0.316 e. The maximum absolute atomic E-state index is 3.46. The summed E-state index contributed by atoms with van der Waals surface area (Å²) in [5.74, 6) is 0.733. The topological polar surface area (TPSA) is 12.0 Å². The van der Waals surface area contributed by atoms with E-state index in [9.17, 15) is 0 Å². The predicted molar refractivity (Wildman–Crippen MR) is 77.2 cm³/mol. The Morgan fingerprint density at radius 1 is 1.35 bits per heavy atom. The third kappa shape index (κ3) is 5.69. The molecule has 1 aromatic carbocycles. The lowest BCUT2D eigenvalue weighted by atomic mass is 10.0. The van der Waals surface area contributed by atoms with Crippen molar-refractivity contribution in [2.45, 2.75) is 34.1 Å². The lowest BCUT2D eigenvalue weighted by molar-refractivity contribution is 0.557. The summed E-state index contributed by atoms with van der Waals surface area (Å²) in [5.41, 5.74) is 4.04. The van der Waals surface area contributed by atoms with Crippen molar-refractivity contribution in [3.05, 3.63) is 41.5 Å². The molecule has 17 heavy (non-hydrogen) atoms. The quantitative estimate of drug-likeness (QED) is 0.729. The van der Waals surface area contributed by atoms with E-state index >= 15 is 0 Å². The highest BCUT2D eigenvalue weighted by Crippen LogP contribution is 2.15. The minimum atomic E-state index is 0.733. The maximum Gasteiger partial charge on any atom is -0.00139 e. The van der Waals surface area contributed by atoms with Gasteiger partial charge in [0.05, 0.1) is 0 Å². The standard InChI is InChI=1S/C16H25N/c1-13(2)12-17-10-6-8-15(4)16-9-5-7-14(3)11-16/h5,7-9,11,13,17H,6,10,12H2,1-4H3. The van der Waals surface area contributed by atoms with Gasteiger partial charge in [-0.3, -0.25) is 0 Å². The van der Waals surface area contributed by atoms with Crippen LogP contribution < -0.4 is 5.32 Å². The van der Waals surface area contributed by atoms with Gasteiger partial charge in [-0.25, -0.2) is 0 Å². The lowest BCUT2D eigenvalue weighted by Crippen LogP contribution is -2.20. The van der Waals surface area contributed by atoms with Gasteiger partial charge < -0.3 is 5.32 Å². The Morgan fingerprint density at radius 2 is 2.12 bits per heavy atom. The monoisotopic (exact) mass is 231 g/mol. The van der Waals surface area contributed by atoms with Gasteiger partial charge in [0, 0.05) is 0 Å². The second kappa shape index (κ2) is 7.29. The third-order valence-corrected chi connectivity index (χ3v) is 2.80. The molecule has 0 saturated carbocycles. The average Bonchev–Trinajstić information content (AvgIpc) is 2.28. The highest BCUT2D eigenvalue weighted by Gasteiger charge is 1.95. The smallest absolute Gasteiger partial charge is 0.00139 e. The molecule has 0 bridgehead atoms. The number of nitrogens with one attached hydrogen (secondary N) is 1. The molecule has 1 N–H and O–H groups in total. The van der Waals surface area contributed by atoms with Gasteiger partial charge in [-0.05, 0) is 50.4 Å². The molecule has 1 rings (SSSR count). The fourth-order valence-corrected chi connectivity index (χ4v) is 1.79. The molecule has 1 aromatic rings. The lowest BCUT2D eigenvalue weighted by Gasteiger charge is -2.06. The average molecular weight is 231 g/mol. The summed E-state index contributed by atoms with van der Waals surface area (Å²) < 4.78 is 0. The molecule has 0 aliphatic rings. The zero-order valence-corrected chi connectivity index (χ0v) is 11.6. The highest BCUT2D eigenvalue weighted by molar-refractivity contribution is 5.64. The predicted octanol–water partition coefficient (Wildman–Crippen LogP) is 4.03. The molecule has 0 aliphatic heterocycles. The van der Waals surface area contributed by atoms with Crippen LogP contribution in [0.25, 0.3) is 5.57 Å². The molecule has 1 nitrogen and oxygen atoms in total. The van der Waals surface area contributed by atoms with E-state index in [0.717, 1.165) is 25.4 Å². The fourth-order valence-electron chi connectivity index (χ4n) is 1.79. The van der Waals surface area contributed by atoms with Crippen molar-refractivity contribution in [3.8, 4) is 0 Å². The van der Waals surface area contributed by atoms with Gasteiger partial charge in [0.2, 0.25) is 0 Å². The molecule has 0 radical (unpaired) electrons. The Morgan fingerprint density at radius 3 is 2.76 bits per heavy atom. The fraction of sp³-hybridized carbons (Fsp3) is 0.500. The number of hydrogen-bond acceptors (Lipinski definition) is 1. The van der Waals surface area contributed by atoms with E-state index in [1.165, 1.54) is 16.7 Å². The maximum atomic E-state index is 3.46. The van der Waals surface area contributed by atoms with Gasteiger partial charge in [0.1, 0.15) is 0 Å². The number of rotatable bonds is 6. The van der Waals surface area contributed by atoms with E-state index in [1.54, 1.807) is 0 Å². The summed E-state index contributed by atoms with van der Waals surface area (Å²) in [7, 11) is 0. The van der Waals surface area contributed by atoms with E-state index in [2.05, 4.69) is 63.4 Å². The van der Waals surface area contributed by atoms with Crippen molar-refractivity contribution in [2.75, 3.05) is 13.1 Å². The van der Waals surface area contributed by atoms with Crippen LogP contribution in [0.15, 0.2) is 30.3 Å². The van der Waals surface area contributed by atoms with E-state index in [-0.39, 0.29) is 0 Å². The molecule has 0 unspecified atom stereocenters. The molecule has 1 heteroatoms. The van der Waals surface area contributed by atoms with E-state index in [1.807, 2.05) is 0 Å². The molecule has 0 aromatic heterocycles. The van der Waals surface area contributed by atoms with Gasteiger partial charge in [-0.15, -0.1) is 0 Å². The SMILES string of the molecule is CC(=CCCNCC(C)C)c1cccc(C)c1. The van der Waals surface area contributed by atoms with Crippen molar-refractivity contribution in [1.29, 1.82) is 0 Å². The number of aryl methyl sites for hydroxylation is 1. The number of benzene rings is 1. The van der Waals surface area contributed by atoms with Crippen LogP contribution in [0, 0.1) is 12.8 Å². The van der Waals surface area contributed by atoms with Crippen LogP contribution in [-0.2, 0) is 0 Å². The van der Waals surface area contributed by atoms with E-state index < -0.39 is 0 Å². The van der Waals surface area contributed by atoms with Crippen molar-refractivity contribution in [2.24, 2.45) is 5.92 Å². The molecule has 0 heterocycles. The minimum absolute atomic E-state index is 0.733. The van der Waals surface area contributed by atoms with Crippen molar-refractivity contribution >= 4 is 5.57 Å². The first-order valence-electron chi connectivity index (χ1n) is 6.54. The summed E-state index contributed by atoms with van der Waals surface area (Å²) >= 11 is 0. The van der Waals surface area contributed by atoms with Crippen molar-refractivity contribution in [1.82, 2.24) is 5.32 Å². The molecule has 0 amide bonds. The summed E-state index contributed by atoms with van der Waals surface area (Å²) in [6.45, 7) is 11.0. The molecular weight excluding hydrogens is 206 g/mol. The van der Waals surface area contributed by atoms with Gasteiger partial charge in [0.15, 0.2) is 0 Å². The van der Waals surface area contributed by atoms with E-state index in [0.29, 0.717) is 0 Å². The molecule has 0 aliphatic carbocycles. The van der Waals surface area contributed by atoms with Crippen LogP contribution in [-0.4, -0.2) is 13.1 Å². The summed E-state index contributed by atoms with van der Waals surface area (Å²) in [5, 5.41) is 3.46. The molecule has 0 fully saturated rings. The summed E-state index contributed by atoms with van der Waals surface area (Å²) in [4.78, 5) is 0. The largest absolute Gasteiger partial charge is 0.316 e. The van der Waals surface area contributed by atoms with Crippen LogP contribution in [0.2, 0.25) is 0 Å². The van der Waals surface area contributed by atoms with Crippen LogP contribution in [0.4, 0.5) is 0 Å². The molecule has 94 valence electrons. The summed E-state index contributed by atoms with van der Waals surface area (Å²) in [6.07, 6.45) is 3.43. The first-order chi connectivity index (χ1) is 8.09. The van der Waals surface area contributed by atoms with Gasteiger partial charge in [-0.1, -0.05) is 49.8 Å². The third-order valence-electron chi connectivity index (χ3n) is 2.80. The zero-order chi connectivity index (χ0) is 12.7. The van der Waals surface area contributed by atoms with Crippen LogP contribution in [0.3, 0.4) is 0 Å². The molecule has 0 saturated heterocycles.